The lowest BCUT2D eigenvalue weighted by Gasteiger charge is -2.29. The SMILES string of the molecule is NC(Cc1cnc[nH]1)C(=O)NC(Cc1cnc[nH]1)C(=O)NC(Cc1ccccc1)C(=O)N1CCCC1C(=O)O. The van der Waals surface area contributed by atoms with Crippen LogP contribution in [0.15, 0.2) is 55.4 Å². The number of carbonyl (C=O) groups is 4. The van der Waals surface area contributed by atoms with Gasteiger partial charge in [0, 0.05) is 49.6 Å². The lowest BCUT2D eigenvalue weighted by atomic mass is 10.0. The number of likely N-dealkylation sites (tertiary alicyclic amines) is 1. The fraction of sp³-hybridized carbons (Fsp3) is 0.385. The summed E-state index contributed by atoms with van der Waals surface area (Å²) >= 11 is 0. The molecule has 1 aliphatic rings. The monoisotopic (exact) mass is 536 g/mol. The number of benzene rings is 1. The second kappa shape index (κ2) is 12.8. The lowest BCUT2D eigenvalue weighted by molar-refractivity contribution is -0.149. The molecule has 1 saturated heterocycles. The van der Waals surface area contributed by atoms with Gasteiger partial charge in [0.1, 0.15) is 18.1 Å². The average molecular weight is 537 g/mol. The van der Waals surface area contributed by atoms with E-state index >= 15 is 0 Å². The zero-order valence-corrected chi connectivity index (χ0v) is 21.2. The predicted octanol–water partition coefficient (Wildman–Crippen LogP) is -0.467. The van der Waals surface area contributed by atoms with Gasteiger partial charge in [-0.2, -0.15) is 0 Å². The maximum atomic E-state index is 13.6. The maximum Gasteiger partial charge on any atom is 0.326 e. The molecule has 4 unspecified atom stereocenters. The van der Waals surface area contributed by atoms with Crippen LogP contribution in [0.3, 0.4) is 0 Å². The average Bonchev–Trinajstić information content (AvgIpc) is 3.71. The molecule has 3 amide bonds. The summed E-state index contributed by atoms with van der Waals surface area (Å²) in [5.41, 5.74) is 8.13. The van der Waals surface area contributed by atoms with Gasteiger partial charge in [0.15, 0.2) is 0 Å². The first-order valence-electron chi connectivity index (χ1n) is 12.7. The van der Waals surface area contributed by atoms with Gasteiger partial charge in [-0.15, -0.1) is 0 Å². The number of carbonyl (C=O) groups excluding carboxylic acids is 3. The van der Waals surface area contributed by atoms with Gasteiger partial charge < -0.3 is 36.3 Å². The molecule has 13 heteroatoms. The number of nitrogens with one attached hydrogen (secondary N) is 4. The number of aromatic nitrogens is 4. The van der Waals surface area contributed by atoms with E-state index in [1.54, 1.807) is 6.20 Å². The van der Waals surface area contributed by atoms with Gasteiger partial charge in [-0.3, -0.25) is 14.4 Å². The normalized spacial score (nSPS) is 17.3. The molecule has 0 spiro atoms. The Hall–Kier alpha value is -4.52. The molecule has 0 saturated carbocycles. The van der Waals surface area contributed by atoms with Crippen LogP contribution in [0.4, 0.5) is 0 Å². The molecule has 3 aromatic rings. The molecule has 4 rings (SSSR count). The summed E-state index contributed by atoms with van der Waals surface area (Å²) < 4.78 is 0. The highest BCUT2D eigenvalue weighted by Crippen LogP contribution is 2.20. The Labute approximate surface area is 224 Å². The third-order valence-electron chi connectivity index (χ3n) is 6.66. The fourth-order valence-electron chi connectivity index (χ4n) is 4.64. The van der Waals surface area contributed by atoms with Crippen molar-refractivity contribution in [3.8, 4) is 0 Å². The van der Waals surface area contributed by atoms with Gasteiger partial charge in [-0.1, -0.05) is 30.3 Å². The van der Waals surface area contributed by atoms with Crippen LogP contribution in [0, 0.1) is 0 Å². The summed E-state index contributed by atoms with van der Waals surface area (Å²) in [5, 5.41) is 15.1. The van der Waals surface area contributed by atoms with Crippen LogP contribution < -0.4 is 16.4 Å². The molecule has 206 valence electrons. The van der Waals surface area contributed by atoms with E-state index in [-0.39, 0.29) is 25.8 Å². The molecule has 4 atom stereocenters. The van der Waals surface area contributed by atoms with E-state index < -0.39 is 47.9 Å². The molecule has 0 bridgehead atoms. The minimum Gasteiger partial charge on any atom is -0.480 e. The van der Waals surface area contributed by atoms with E-state index in [0.29, 0.717) is 24.2 Å². The van der Waals surface area contributed by atoms with Crippen molar-refractivity contribution in [1.29, 1.82) is 0 Å². The van der Waals surface area contributed by atoms with Crippen molar-refractivity contribution < 1.29 is 24.3 Å². The molecule has 1 aliphatic heterocycles. The molecule has 2 aromatic heterocycles. The summed E-state index contributed by atoms with van der Waals surface area (Å²) in [6.45, 7) is 0.285. The minimum atomic E-state index is -1.08. The summed E-state index contributed by atoms with van der Waals surface area (Å²) in [6.07, 6.45) is 7.34. The predicted molar refractivity (Wildman–Crippen MR) is 139 cm³/mol. The quantitative estimate of drug-likeness (QED) is 0.178. The largest absolute Gasteiger partial charge is 0.480 e. The van der Waals surface area contributed by atoms with Crippen molar-refractivity contribution in [3.05, 3.63) is 72.3 Å². The van der Waals surface area contributed by atoms with E-state index in [0.717, 1.165) is 5.56 Å². The molecule has 7 N–H and O–H groups in total. The van der Waals surface area contributed by atoms with Crippen molar-refractivity contribution in [3.63, 3.8) is 0 Å². The Kier molecular flexibility index (Phi) is 9.05. The number of carboxylic acids is 1. The molecular formula is C26H32N8O5. The first kappa shape index (κ1) is 27.5. The Balaban J connectivity index is 1.53. The van der Waals surface area contributed by atoms with Crippen molar-refractivity contribution in [2.45, 2.75) is 56.3 Å². The number of aliphatic carboxylic acids is 1. The number of aromatic amines is 2. The van der Waals surface area contributed by atoms with E-state index in [9.17, 15) is 24.3 Å². The molecule has 1 fully saturated rings. The molecule has 3 heterocycles. The Morgan fingerprint density at radius 1 is 0.949 bits per heavy atom. The van der Waals surface area contributed by atoms with Crippen LogP contribution >= 0.6 is 0 Å². The third-order valence-corrected chi connectivity index (χ3v) is 6.66. The van der Waals surface area contributed by atoms with Crippen LogP contribution in [-0.2, 0) is 38.4 Å². The topological polar surface area (TPSA) is 199 Å². The van der Waals surface area contributed by atoms with Gasteiger partial charge >= 0.3 is 5.97 Å². The van der Waals surface area contributed by atoms with Crippen LogP contribution in [0.1, 0.15) is 29.8 Å². The lowest BCUT2D eigenvalue weighted by Crippen LogP contribution is -2.58. The van der Waals surface area contributed by atoms with Crippen molar-refractivity contribution in [2.75, 3.05) is 6.54 Å². The second-order valence-corrected chi connectivity index (χ2v) is 9.51. The zero-order chi connectivity index (χ0) is 27.8. The first-order valence-corrected chi connectivity index (χ1v) is 12.7. The zero-order valence-electron chi connectivity index (χ0n) is 21.2. The first-order chi connectivity index (χ1) is 18.8. The summed E-state index contributed by atoms with van der Waals surface area (Å²) in [5.74, 6) is -2.73. The van der Waals surface area contributed by atoms with Crippen LogP contribution in [0.2, 0.25) is 0 Å². The number of rotatable bonds is 12. The van der Waals surface area contributed by atoms with E-state index in [4.69, 9.17) is 5.73 Å². The van der Waals surface area contributed by atoms with Crippen molar-refractivity contribution in [2.24, 2.45) is 5.73 Å². The van der Waals surface area contributed by atoms with Gasteiger partial charge in [-0.05, 0) is 18.4 Å². The number of nitrogens with two attached hydrogens (primary N) is 1. The third kappa shape index (κ3) is 7.29. The number of imidazole rings is 2. The van der Waals surface area contributed by atoms with Crippen molar-refractivity contribution >= 4 is 23.7 Å². The van der Waals surface area contributed by atoms with Gasteiger partial charge in [0.05, 0.1) is 18.7 Å². The van der Waals surface area contributed by atoms with Crippen LogP contribution in [0.25, 0.3) is 0 Å². The molecule has 0 aliphatic carbocycles. The van der Waals surface area contributed by atoms with E-state index in [2.05, 4.69) is 30.6 Å². The summed E-state index contributed by atoms with van der Waals surface area (Å²) in [4.78, 5) is 66.8. The van der Waals surface area contributed by atoms with Crippen molar-refractivity contribution in [1.82, 2.24) is 35.5 Å². The highest BCUT2D eigenvalue weighted by atomic mass is 16.4. The fourth-order valence-corrected chi connectivity index (χ4v) is 4.64. The second-order valence-electron chi connectivity index (χ2n) is 9.51. The molecule has 39 heavy (non-hydrogen) atoms. The highest BCUT2D eigenvalue weighted by Gasteiger charge is 2.38. The Morgan fingerprint density at radius 2 is 1.59 bits per heavy atom. The number of carboxylic acid groups (broad SMARTS) is 1. The highest BCUT2D eigenvalue weighted by molar-refractivity contribution is 5.94. The number of nitrogens with zero attached hydrogens (tertiary/aromatic N) is 3. The van der Waals surface area contributed by atoms with Crippen LogP contribution in [-0.4, -0.2) is 84.3 Å². The number of hydrogen-bond acceptors (Lipinski definition) is 7. The Bertz CT molecular complexity index is 1250. The van der Waals surface area contributed by atoms with Gasteiger partial charge in [0.2, 0.25) is 17.7 Å². The standard InChI is InChI=1S/C26H32N8O5/c27-19(10-17-12-28-14-30-17)23(35)32-20(11-18-13-29-15-31-18)24(36)33-21(9-16-5-2-1-3-6-16)25(37)34-8-4-7-22(34)26(38)39/h1-3,5-6,12-15,19-22H,4,7-11,27H2,(H,28,30)(H,29,31)(H,32,35)(H,33,36)(H,38,39). The summed E-state index contributed by atoms with van der Waals surface area (Å²) in [6, 6.07) is 5.09. The molecule has 0 radical (unpaired) electrons. The number of amides is 3. The maximum absolute atomic E-state index is 13.6. The van der Waals surface area contributed by atoms with E-state index in [1.807, 2.05) is 30.3 Å². The molecule has 13 nitrogen and oxygen atoms in total. The molecule has 1 aromatic carbocycles. The number of H-pyrrole nitrogens is 2. The Morgan fingerprint density at radius 3 is 2.21 bits per heavy atom. The van der Waals surface area contributed by atoms with Gasteiger partial charge in [-0.25, -0.2) is 14.8 Å². The number of hydrogen-bond donors (Lipinski definition) is 6. The van der Waals surface area contributed by atoms with Crippen LogP contribution in [0.5, 0.6) is 0 Å². The van der Waals surface area contributed by atoms with E-state index in [1.165, 1.54) is 23.8 Å². The minimum absolute atomic E-state index is 0.0715. The summed E-state index contributed by atoms with van der Waals surface area (Å²) in [7, 11) is 0. The molecular weight excluding hydrogens is 504 g/mol. The smallest absolute Gasteiger partial charge is 0.326 e. The van der Waals surface area contributed by atoms with Gasteiger partial charge in [0.25, 0.3) is 0 Å².